The quantitative estimate of drug-likeness (QED) is 0.277. The summed E-state index contributed by atoms with van der Waals surface area (Å²) >= 11 is 1.34. The van der Waals surface area contributed by atoms with Gasteiger partial charge in [-0.05, 0) is 43.3 Å². The van der Waals surface area contributed by atoms with Crippen LogP contribution in [0.4, 0.5) is 0 Å². The second-order valence-electron chi connectivity index (χ2n) is 6.12. The van der Waals surface area contributed by atoms with Gasteiger partial charge in [0.05, 0.1) is 29.2 Å². The van der Waals surface area contributed by atoms with Crippen LogP contribution in [-0.2, 0) is 11.3 Å². The molecule has 0 saturated carbocycles. The van der Waals surface area contributed by atoms with Gasteiger partial charge in [0.15, 0.2) is 0 Å². The second kappa shape index (κ2) is 9.18. The van der Waals surface area contributed by atoms with Gasteiger partial charge in [0, 0.05) is 0 Å². The largest absolute Gasteiger partial charge is 0.872 e. The minimum absolute atomic E-state index is 0.0641. The number of aromatic nitrogens is 3. The molecule has 3 aromatic rings. The molecule has 0 aliphatic rings. The van der Waals surface area contributed by atoms with E-state index in [2.05, 4.69) is 32.9 Å². The Morgan fingerprint density at radius 3 is 2.64 bits per heavy atom. The lowest BCUT2D eigenvalue weighted by Gasteiger charge is -2.03. The van der Waals surface area contributed by atoms with Crippen LogP contribution in [0.3, 0.4) is 0 Å². The third-order valence-electron chi connectivity index (χ3n) is 4.01. The number of aromatic amines is 1. The maximum Gasteiger partial charge on any atom is 0.337 e. The lowest BCUT2D eigenvalue weighted by atomic mass is 10.1. The number of rotatable bonds is 7. The molecule has 0 radical (unpaired) electrons. The average molecular weight is 395 g/mol. The molecule has 144 valence electrons. The monoisotopic (exact) mass is 395 g/mol. The van der Waals surface area contributed by atoms with Gasteiger partial charge in [-0.3, -0.25) is 4.79 Å². The van der Waals surface area contributed by atoms with E-state index < -0.39 is 0 Å². The van der Waals surface area contributed by atoms with Crippen LogP contribution in [0.2, 0.25) is 0 Å². The molecule has 2 N–H and O–H groups in total. The van der Waals surface area contributed by atoms with Gasteiger partial charge in [-0.2, -0.15) is 5.10 Å². The third-order valence-corrected chi connectivity index (χ3v) is 4.99. The summed E-state index contributed by atoms with van der Waals surface area (Å²) in [7, 11) is 0. The molecule has 1 heterocycles. The highest BCUT2D eigenvalue weighted by Crippen LogP contribution is 2.18. The molecule has 1 amide bonds. The van der Waals surface area contributed by atoms with Crippen LogP contribution >= 0.6 is 11.8 Å². The van der Waals surface area contributed by atoms with E-state index in [9.17, 15) is 9.90 Å². The van der Waals surface area contributed by atoms with Gasteiger partial charge in [0.2, 0.25) is 0 Å². The molecule has 1 aromatic heterocycles. The van der Waals surface area contributed by atoms with Crippen molar-refractivity contribution in [2.45, 2.75) is 25.5 Å². The van der Waals surface area contributed by atoms with E-state index >= 15 is 0 Å². The van der Waals surface area contributed by atoms with Crippen molar-refractivity contribution in [2.75, 3.05) is 5.75 Å². The van der Waals surface area contributed by atoms with E-state index in [1.54, 1.807) is 12.1 Å². The Labute approximate surface area is 167 Å². The first-order valence-electron chi connectivity index (χ1n) is 8.84. The number of hydrogen-bond acceptors (Lipinski definition) is 5. The van der Waals surface area contributed by atoms with Crippen molar-refractivity contribution >= 4 is 23.9 Å². The summed E-state index contributed by atoms with van der Waals surface area (Å²) in [6.07, 6.45) is 1.50. The first-order chi connectivity index (χ1) is 13.6. The van der Waals surface area contributed by atoms with Gasteiger partial charge in [0.25, 0.3) is 11.7 Å². The lowest BCUT2D eigenvalue weighted by molar-refractivity contribution is -0.719. The molecule has 0 aliphatic carbocycles. The standard InChI is InChI=1S/C20H21N5O2S/c1-3-25-19(16-8-4-14(2)5-9-16)23-24-20(25)28-13-18(27)22-21-12-15-6-10-17(26)11-7-15/h4-12H,3,13H2,1-2H3,(H2,21,22,26,27). The van der Waals surface area contributed by atoms with Gasteiger partial charge in [-0.1, -0.05) is 42.0 Å². The van der Waals surface area contributed by atoms with E-state index in [1.807, 2.05) is 30.5 Å². The number of nitrogens with one attached hydrogen (secondary N) is 2. The number of benzene rings is 2. The molecular formula is C20H21N5O2S. The van der Waals surface area contributed by atoms with Gasteiger partial charge in [-0.15, -0.1) is 10.8 Å². The molecule has 8 heteroatoms. The topological polar surface area (TPSA) is 97.1 Å². The molecule has 2 aromatic carbocycles. The smallest absolute Gasteiger partial charge is 0.337 e. The van der Waals surface area contributed by atoms with E-state index in [4.69, 9.17) is 0 Å². The highest BCUT2D eigenvalue weighted by atomic mass is 32.2. The molecule has 0 aliphatic heterocycles. The molecule has 0 fully saturated rings. The van der Waals surface area contributed by atoms with Crippen LogP contribution in [0, 0.1) is 6.92 Å². The second-order valence-corrected chi connectivity index (χ2v) is 7.06. The van der Waals surface area contributed by atoms with E-state index in [0.29, 0.717) is 0 Å². The van der Waals surface area contributed by atoms with Crippen LogP contribution in [0.1, 0.15) is 18.1 Å². The highest BCUT2D eigenvalue weighted by molar-refractivity contribution is 7.99. The van der Waals surface area contributed by atoms with Gasteiger partial charge in [0.1, 0.15) is 0 Å². The first kappa shape index (κ1) is 19.6. The summed E-state index contributed by atoms with van der Waals surface area (Å²) in [5, 5.41) is 23.1. The van der Waals surface area contributed by atoms with Crippen molar-refractivity contribution in [3.8, 4) is 17.1 Å². The maximum atomic E-state index is 12.0. The number of hydrazone groups is 1. The van der Waals surface area contributed by atoms with Crippen molar-refractivity contribution in [2.24, 2.45) is 5.10 Å². The Bertz CT molecular complexity index is 965. The Balaban J connectivity index is 1.58. The number of carbonyl (C=O) groups is 1. The Hall–Kier alpha value is -3.13. The molecule has 28 heavy (non-hydrogen) atoms. The number of nitrogens with zero attached hydrogens (tertiary/aromatic N) is 3. The van der Waals surface area contributed by atoms with Crippen molar-refractivity contribution in [1.82, 2.24) is 15.6 Å². The fourth-order valence-electron chi connectivity index (χ4n) is 2.55. The van der Waals surface area contributed by atoms with Crippen LogP contribution < -0.4 is 15.1 Å². The summed E-state index contributed by atoms with van der Waals surface area (Å²) in [6, 6.07) is 14.4. The summed E-state index contributed by atoms with van der Waals surface area (Å²) in [6.45, 7) is 4.82. The third kappa shape index (κ3) is 4.98. The Morgan fingerprint density at radius 1 is 1.25 bits per heavy atom. The minimum atomic E-state index is -0.232. The summed E-state index contributed by atoms with van der Waals surface area (Å²) in [4.78, 5) is 12.0. The number of amides is 1. The molecular weight excluding hydrogens is 374 g/mol. The zero-order valence-corrected chi connectivity index (χ0v) is 16.5. The van der Waals surface area contributed by atoms with Crippen LogP contribution in [0.15, 0.2) is 58.8 Å². The zero-order chi connectivity index (χ0) is 19.9. The van der Waals surface area contributed by atoms with E-state index in [1.165, 1.54) is 35.7 Å². The van der Waals surface area contributed by atoms with Crippen molar-refractivity contribution in [1.29, 1.82) is 0 Å². The molecule has 0 atom stereocenters. The summed E-state index contributed by atoms with van der Waals surface area (Å²) in [5.41, 5.74) is 5.47. The average Bonchev–Trinajstić information content (AvgIpc) is 3.11. The van der Waals surface area contributed by atoms with Crippen LogP contribution in [0.25, 0.3) is 11.4 Å². The molecule has 7 nitrogen and oxygen atoms in total. The van der Waals surface area contributed by atoms with Crippen LogP contribution in [0.5, 0.6) is 5.75 Å². The highest BCUT2D eigenvalue weighted by Gasteiger charge is 2.21. The molecule has 3 rings (SSSR count). The van der Waals surface area contributed by atoms with E-state index in [0.717, 1.165) is 28.7 Å². The van der Waals surface area contributed by atoms with E-state index in [-0.39, 0.29) is 17.4 Å². The summed E-state index contributed by atoms with van der Waals surface area (Å²) in [5.74, 6) is 0.801. The number of H-pyrrole nitrogens is 1. The lowest BCUT2D eigenvalue weighted by Crippen LogP contribution is -2.36. The number of carbonyl (C=O) groups excluding carboxylic acids is 1. The van der Waals surface area contributed by atoms with Gasteiger partial charge < -0.3 is 5.11 Å². The number of thioether (sulfide) groups is 1. The van der Waals surface area contributed by atoms with Crippen molar-refractivity contribution in [3.63, 3.8) is 0 Å². The van der Waals surface area contributed by atoms with Crippen molar-refractivity contribution < 1.29 is 14.5 Å². The Morgan fingerprint density at radius 2 is 1.96 bits per heavy atom. The fraction of sp³-hybridized carbons (Fsp3) is 0.200. The molecule has 0 unspecified atom stereocenters. The van der Waals surface area contributed by atoms with Gasteiger partial charge >= 0.3 is 5.16 Å². The predicted octanol–water partition coefficient (Wildman–Crippen LogP) is 2.01. The molecule has 0 saturated heterocycles. The van der Waals surface area contributed by atoms with Gasteiger partial charge in [-0.25, -0.2) is 9.99 Å². The first-order valence-corrected chi connectivity index (χ1v) is 9.82. The molecule has 0 bridgehead atoms. The Kier molecular flexibility index (Phi) is 6.44. The minimum Gasteiger partial charge on any atom is -0.872 e. The maximum absolute atomic E-state index is 12.0. The molecule has 0 spiro atoms. The fourth-order valence-corrected chi connectivity index (χ4v) is 3.36. The number of aryl methyl sites for hydroxylation is 1. The summed E-state index contributed by atoms with van der Waals surface area (Å²) < 4.78 is 2.04. The predicted molar refractivity (Wildman–Crippen MR) is 107 cm³/mol. The van der Waals surface area contributed by atoms with Crippen LogP contribution in [-0.4, -0.2) is 28.1 Å². The SMILES string of the molecule is CC[n+]1c(SCC(=O)N/N=C/c2ccc([O-])cc2)n[nH]c1-c1ccc(C)cc1. The normalized spacial score (nSPS) is 11.1. The zero-order valence-electron chi connectivity index (χ0n) is 15.7. The number of hydrogen-bond donors (Lipinski definition) is 2. The van der Waals surface area contributed by atoms with Crippen molar-refractivity contribution in [3.05, 3.63) is 59.7 Å².